The summed E-state index contributed by atoms with van der Waals surface area (Å²) in [5.74, 6) is 0.0541. The molecule has 0 saturated carbocycles. The standard InChI is InChI=1S/C10H15N3O2/c1-15-7-3-6-13-10(14)8-4-2-5-12-9(8)11/h2,4-5H,3,6-7H2,1H3,(H2,11,12)(H,13,14). The third-order valence-corrected chi connectivity index (χ3v) is 1.89. The molecule has 1 aromatic heterocycles. The summed E-state index contributed by atoms with van der Waals surface area (Å²) in [4.78, 5) is 15.4. The van der Waals surface area contributed by atoms with Gasteiger partial charge in [-0.25, -0.2) is 4.98 Å². The number of hydrogen-bond acceptors (Lipinski definition) is 4. The van der Waals surface area contributed by atoms with E-state index in [-0.39, 0.29) is 11.7 Å². The summed E-state index contributed by atoms with van der Waals surface area (Å²) in [5.41, 5.74) is 5.97. The molecule has 5 nitrogen and oxygen atoms in total. The first kappa shape index (κ1) is 11.5. The van der Waals surface area contributed by atoms with Crippen LogP contribution in [-0.4, -0.2) is 31.2 Å². The third-order valence-electron chi connectivity index (χ3n) is 1.89. The van der Waals surface area contributed by atoms with Crippen LogP contribution >= 0.6 is 0 Å². The Hall–Kier alpha value is -1.62. The lowest BCUT2D eigenvalue weighted by Gasteiger charge is -2.05. The van der Waals surface area contributed by atoms with Crippen molar-refractivity contribution in [1.82, 2.24) is 10.3 Å². The number of carbonyl (C=O) groups excluding carboxylic acids is 1. The van der Waals surface area contributed by atoms with Gasteiger partial charge in [-0.2, -0.15) is 0 Å². The van der Waals surface area contributed by atoms with Gasteiger partial charge < -0.3 is 15.8 Å². The van der Waals surface area contributed by atoms with Crippen molar-refractivity contribution < 1.29 is 9.53 Å². The lowest BCUT2D eigenvalue weighted by molar-refractivity contribution is 0.0949. The highest BCUT2D eigenvalue weighted by atomic mass is 16.5. The maximum atomic E-state index is 11.6. The molecule has 0 aliphatic carbocycles. The molecular formula is C10H15N3O2. The second-order valence-electron chi connectivity index (χ2n) is 3.04. The summed E-state index contributed by atoms with van der Waals surface area (Å²) in [5, 5.41) is 2.74. The van der Waals surface area contributed by atoms with Crippen LogP contribution in [0.4, 0.5) is 5.82 Å². The van der Waals surface area contributed by atoms with E-state index in [9.17, 15) is 4.79 Å². The Labute approximate surface area is 88.6 Å². The number of amides is 1. The van der Waals surface area contributed by atoms with Gasteiger partial charge in [0.1, 0.15) is 5.82 Å². The van der Waals surface area contributed by atoms with Gasteiger partial charge in [0.15, 0.2) is 0 Å². The molecule has 1 amide bonds. The van der Waals surface area contributed by atoms with E-state index in [1.807, 2.05) is 0 Å². The first-order valence-corrected chi connectivity index (χ1v) is 4.73. The fraction of sp³-hybridized carbons (Fsp3) is 0.400. The van der Waals surface area contributed by atoms with E-state index in [1.54, 1.807) is 25.4 Å². The summed E-state index contributed by atoms with van der Waals surface area (Å²) in [6, 6.07) is 3.33. The number of carbonyl (C=O) groups is 1. The summed E-state index contributed by atoms with van der Waals surface area (Å²) >= 11 is 0. The van der Waals surface area contributed by atoms with E-state index in [2.05, 4.69) is 10.3 Å². The molecule has 0 unspecified atom stereocenters. The molecule has 1 aromatic rings. The Bertz CT molecular complexity index is 328. The van der Waals surface area contributed by atoms with Crippen LogP contribution in [0.5, 0.6) is 0 Å². The van der Waals surface area contributed by atoms with Crippen LogP contribution in [0.3, 0.4) is 0 Å². The van der Waals surface area contributed by atoms with Crippen molar-refractivity contribution in [3.8, 4) is 0 Å². The zero-order valence-corrected chi connectivity index (χ0v) is 8.69. The largest absolute Gasteiger partial charge is 0.385 e. The van der Waals surface area contributed by atoms with Crippen LogP contribution in [0.25, 0.3) is 0 Å². The number of pyridine rings is 1. The normalized spacial score (nSPS) is 9.93. The van der Waals surface area contributed by atoms with Gasteiger partial charge in [-0.05, 0) is 18.6 Å². The SMILES string of the molecule is COCCCNC(=O)c1cccnc1N. The predicted octanol–water partition coefficient (Wildman–Crippen LogP) is 0.430. The molecule has 0 fully saturated rings. The van der Waals surface area contributed by atoms with E-state index in [0.29, 0.717) is 18.7 Å². The average Bonchev–Trinajstić information content (AvgIpc) is 2.25. The molecule has 0 saturated heterocycles. The van der Waals surface area contributed by atoms with Gasteiger partial charge in [-0.3, -0.25) is 4.79 Å². The molecule has 0 atom stereocenters. The van der Waals surface area contributed by atoms with Crippen molar-refractivity contribution in [3.05, 3.63) is 23.9 Å². The van der Waals surface area contributed by atoms with Gasteiger partial charge in [-0.1, -0.05) is 0 Å². The molecule has 0 spiro atoms. The number of ether oxygens (including phenoxy) is 1. The lowest BCUT2D eigenvalue weighted by atomic mass is 10.2. The minimum Gasteiger partial charge on any atom is -0.385 e. The van der Waals surface area contributed by atoms with Crippen molar-refractivity contribution >= 4 is 11.7 Å². The molecule has 0 aromatic carbocycles. The molecule has 0 aliphatic rings. The highest BCUT2D eigenvalue weighted by molar-refractivity contribution is 5.98. The number of methoxy groups -OCH3 is 1. The Morgan fingerprint density at radius 2 is 2.47 bits per heavy atom. The Balaban J connectivity index is 2.44. The maximum absolute atomic E-state index is 11.6. The smallest absolute Gasteiger partial charge is 0.255 e. The number of hydrogen-bond donors (Lipinski definition) is 2. The van der Waals surface area contributed by atoms with Crippen molar-refractivity contribution in [1.29, 1.82) is 0 Å². The highest BCUT2D eigenvalue weighted by Gasteiger charge is 2.08. The van der Waals surface area contributed by atoms with E-state index in [0.717, 1.165) is 6.42 Å². The number of anilines is 1. The molecule has 3 N–H and O–H groups in total. The van der Waals surface area contributed by atoms with E-state index in [1.165, 1.54) is 0 Å². The zero-order chi connectivity index (χ0) is 11.1. The van der Waals surface area contributed by atoms with Crippen LogP contribution in [0.2, 0.25) is 0 Å². The second-order valence-corrected chi connectivity index (χ2v) is 3.04. The quantitative estimate of drug-likeness (QED) is 0.689. The van der Waals surface area contributed by atoms with Crippen LogP contribution in [0.1, 0.15) is 16.8 Å². The summed E-state index contributed by atoms with van der Waals surface area (Å²) in [7, 11) is 1.63. The number of aromatic nitrogens is 1. The van der Waals surface area contributed by atoms with Crippen LogP contribution in [0.15, 0.2) is 18.3 Å². The van der Waals surface area contributed by atoms with Gasteiger partial charge in [0.25, 0.3) is 5.91 Å². The van der Waals surface area contributed by atoms with Gasteiger partial charge in [0.05, 0.1) is 5.56 Å². The number of nitrogens with two attached hydrogens (primary N) is 1. The molecule has 15 heavy (non-hydrogen) atoms. The molecule has 0 aliphatic heterocycles. The van der Waals surface area contributed by atoms with Gasteiger partial charge in [-0.15, -0.1) is 0 Å². The van der Waals surface area contributed by atoms with Crippen LogP contribution < -0.4 is 11.1 Å². The van der Waals surface area contributed by atoms with Crippen LogP contribution in [0, 0.1) is 0 Å². The van der Waals surface area contributed by atoms with Crippen LogP contribution in [-0.2, 0) is 4.74 Å². The predicted molar refractivity (Wildman–Crippen MR) is 57.5 cm³/mol. The fourth-order valence-electron chi connectivity index (χ4n) is 1.12. The average molecular weight is 209 g/mol. The number of rotatable bonds is 5. The molecule has 5 heteroatoms. The van der Waals surface area contributed by atoms with Crippen molar-refractivity contribution in [2.24, 2.45) is 0 Å². The summed E-state index contributed by atoms with van der Waals surface area (Å²) in [6.45, 7) is 1.20. The number of nitrogens with one attached hydrogen (secondary N) is 1. The molecule has 0 radical (unpaired) electrons. The van der Waals surface area contributed by atoms with E-state index >= 15 is 0 Å². The first-order valence-electron chi connectivity index (χ1n) is 4.73. The Kier molecular flexibility index (Phi) is 4.56. The van der Waals surface area contributed by atoms with E-state index < -0.39 is 0 Å². The second kappa shape index (κ2) is 5.98. The molecular weight excluding hydrogens is 194 g/mol. The number of nitrogens with zero attached hydrogens (tertiary/aromatic N) is 1. The van der Waals surface area contributed by atoms with Gasteiger partial charge in [0, 0.05) is 26.5 Å². The molecule has 1 rings (SSSR count). The van der Waals surface area contributed by atoms with Crippen molar-refractivity contribution in [2.75, 3.05) is 26.0 Å². The minimum atomic E-state index is -0.197. The van der Waals surface area contributed by atoms with Crippen molar-refractivity contribution in [2.45, 2.75) is 6.42 Å². The zero-order valence-electron chi connectivity index (χ0n) is 8.69. The molecule has 0 bridgehead atoms. The topological polar surface area (TPSA) is 77.2 Å². The summed E-state index contributed by atoms with van der Waals surface area (Å²) < 4.78 is 4.86. The minimum absolute atomic E-state index is 0.197. The number of nitrogen functional groups attached to an aromatic ring is 1. The highest BCUT2D eigenvalue weighted by Crippen LogP contribution is 2.05. The maximum Gasteiger partial charge on any atom is 0.255 e. The van der Waals surface area contributed by atoms with Gasteiger partial charge >= 0.3 is 0 Å². The summed E-state index contributed by atoms with van der Waals surface area (Å²) in [6.07, 6.45) is 2.33. The first-order chi connectivity index (χ1) is 7.25. The fourth-order valence-corrected chi connectivity index (χ4v) is 1.12. The van der Waals surface area contributed by atoms with E-state index in [4.69, 9.17) is 10.5 Å². The van der Waals surface area contributed by atoms with Crippen molar-refractivity contribution in [3.63, 3.8) is 0 Å². The Morgan fingerprint density at radius 1 is 1.67 bits per heavy atom. The molecule has 1 heterocycles. The monoisotopic (exact) mass is 209 g/mol. The third kappa shape index (κ3) is 3.55. The lowest BCUT2D eigenvalue weighted by Crippen LogP contribution is -2.26. The Morgan fingerprint density at radius 3 is 3.13 bits per heavy atom. The van der Waals surface area contributed by atoms with Gasteiger partial charge in [0.2, 0.25) is 0 Å². The molecule has 82 valence electrons.